The Morgan fingerprint density at radius 1 is 1.50 bits per heavy atom. The minimum Gasteiger partial charge on any atom is -0.393 e. The number of aliphatic hydroxyl groups is 1. The van der Waals surface area contributed by atoms with E-state index in [0.29, 0.717) is 12.0 Å². The van der Waals surface area contributed by atoms with Crippen molar-refractivity contribution in [3.63, 3.8) is 0 Å². The summed E-state index contributed by atoms with van der Waals surface area (Å²) >= 11 is 1.70. The molecule has 1 heterocycles. The number of thiazole rings is 1. The van der Waals surface area contributed by atoms with Crippen molar-refractivity contribution in [2.45, 2.75) is 57.6 Å². The predicted octanol–water partition coefficient (Wildman–Crippen LogP) is 3.13. The molecule has 2 N–H and O–H groups in total. The van der Waals surface area contributed by atoms with Crippen LogP contribution >= 0.6 is 11.3 Å². The molecule has 1 aromatic heterocycles. The molecular weight excluding hydrogens is 244 g/mol. The Kier molecular flexibility index (Phi) is 5.60. The molecule has 0 saturated heterocycles. The van der Waals surface area contributed by atoms with Crippen molar-refractivity contribution < 1.29 is 5.11 Å². The summed E-state index contributed by atoms with van der Waals surface area (Å²) in [7, 11) is 0. The van der Waals surface area contributed by atoms with Gasteiger partial charge in [-0.15, -0.1) is 11.3 Å². The molecule has 1 fully saturated rings. The molecule has 0 bridgehead atoms. The van der Waals surface area contributed by atoms with Crippen LogP contribution in [0.3, 0.4) is 0 Å². The zero-order chi connectivity index (χ0) is 12.8. The fraction of sp³-hybridized carbons (Fsp3) is 0.786. The number of nitrogens with zero attached hydrogens (tertiary/aromatic N) is 1. The Morgan fingerprint density at radius 3 is 3.06 bits per heavy atom. The highest BCUT2D eigenvalue weighted by molar-refractivity contribution is 7.09. The zero-order valence-corrected chi connectivity index (χ0v) is 12.0. The lowest BCUT2D eigenvalue weighted by Gasteiger charge is -2.27. The number of rotatable bonds is 6. The molecule has 3 unspecified atom stereocenters. The van der Waals surface area contributed by atoms with Gasteiger partial charge in [0.15, 0.2) is 0 Å². The van der Waals surface area contributed by atoms with Gasteiger partial charge >= 0.3 is 0 Å². The van der Waals surface area contributed by atoms with Crippen LogP contribution in [0.2, 0.25) is 0 Å². The van der Waals surface area contributed by atoms with Crippen LogP contribution in [0.15, 0.2) is 11.6 Å². The van der Waals surface area contributed by atoms with Crippen molar-refractivity contribution in [3.05, 3.63) is 16.6 Å². The van der Waals surface area contributed by atoms with Gasteiger partial charge in [0.2, 0.25) is 0 Å². The van der Waals surface area contributed by atoms with Gasteiger partial charge in [-0.25, -0.2) is 4.98 Å². The molecular formula is C14H24N2OS. The summed E-state index contributed by atoms with van der Waals surface area (Å²) in [5.41, 5.74) is 0. The first-order valence-corrected chi connectivity index (χ1v) is 7.96. The van der Waals surface area contributed by atoms with E-state index in [2.05, 4.69) is 17.2 Å². The summed E-state index contributed by atoms with van der Waals surface area (Å²) in [6.07, 6.45) is 8.83. The normalized spacial score (nSPS) is 26.1. The molecule has 1 aliphatic rings. The highest BCUT2D eigenvalue weighted by Gasteiger charge is 2.22. The predicted molar refractivity (Wildman–Crippen MR) is 75.7 cm³/mol. The van der Waals surface area contributed by atoms with E-state index < -0.39 is 0 Å². The summed E-state index contributed by atoms with van der Waals surface area (Å²) in [5.74, 6) is 0.538. The van der Waals surface area contributed by atoms with Gasteiger partial charge in [0.05, 0.1) is 12.1 Å². The van der Waals surface area contributed by atoms with Crippen molar-refractivity contribution in [1.82, 2.24) is 10.3 Å². The van der Waals surface area contributed by atoms with Crippen molar-refractivity contribution >= 4 is 11.3 Å². The second-order valence-electron chi connectivity index (χ2n) is 5.30. The van der Waals surface area contributed by atoms with Crippen LogP contribution < -0.4 is 5.32 Å². The number of nitrogens with one attached hydrogen (secondary N) is 1. The van der Waals surface area contributed by atoms with Crippen LogP contribution in [0.25, 0.3) is 0 Å². The highest BCUT2D eigenvalue weighted by Crippen LogP contribution is 2.27. The van der Waals surface area contributed by atoms with Gasteiger partial charge in [-0.2, -0.15) is 0 Å². The van der Waals surface area contributed by atoms with Crippen LogP contribution in [0.1, 0.15) is 56.5 Å². The molecule has 0 aromatic carbocycles. The molecule has 3 atom stereocenters. The minimum atomic E-state index is -0.0462. The Labute approximate surface area is 114 Å². The van der Waals surface area contributed by atoms with Gasteiger partial charge < -0.3 is 10.4 Å². The topological polar surface area (TPSA) is 45.1 Å². The Balaban J connectivity index is 1.61. The number of hydrogen-bond acceptors (Lipinski definition) is 4. The summed E-state index contributed by atoms with van der Waals surface area (Å²) in [4.78, 5) is 4.31. The lowest BCUT2D eigenvalue weighted by Crippen LogP contribution is -2.26. The summed E-state index contributed by atoms with van der Waals surface area (Å²) < 4.78 is 0. The SMILES string of the molecule is CC(NCCCC1CCCCC1O)c1nccs1. The van der Waals surface area contributed by atoms with Gasteiger partial charge in [-0.3, -0.25) is 0 Å². The maximum atomic E-state index is 9.90. The third-order valence-electron chi connectivity index (χ3n) is 3.89. The average molecular weight is 268 g/mol. The van der Waals surface area contributed by atoms with E-state index in [4.69, 9.17) is 0 Å². The number of hydrogen-bond donors (Lipinski definition) is 2. The molecule has 1 aliphatic carbocycles. The quantitative estimate of drug-likeness (QED) is 0.779. The van der Waals surface area contributed by atoms with Crippen molar-refractivity contribution in [3.8, 4) is 0 Å². The minimum absolute atomic E-state index is 0.0462. The Morgan fingerprint density at radius 2 is 2.33 bits per heavy atom. The van der Waals surface area contributed by atoms with E-state index in [-0.39, 0.29) is 6.10 Å². The van der Waals surface area contributed by atoms with E-state index >= 15 is 0 Å². The van der Waals surface area contributed by atoms with Gasteiger partial charge in [0.25, 0.3) is 0 Å². The monoisotopic (exact) mass is 268 g/mol. The standard InChI is InChI=1S/C14H24N2OS/c1-11(14-16-9-10-18-14)15-8-4-6-12-5-2-3-7-13(12)17/h9-13,15,17H,2-8H2,1H3. The third kappa shape index (κ3) is 4.04. The van der Waals surface area contributed by atoms with E-state index in [0.717, 1.165) is 30.8 Å². The van der Waals surface area contributed by atoms with Crippen molar-refractivity contribution in [2.75, 3.05) is 6.54 Å². The summed E-state index contributed by atoms with van der Waals surface area (Å²) in [6.45, 7) is 3.18. The molecule has 0 aliphatic heterocycles. The van der Waals surface area contributed by atoms with Gasteiger partial charge in [-0.05, 0) is 45.1 Å². The van der Waals surface area contributed by atoms with Crippen molar-refractivity contribution in [1.29, 1.82) is 0 Å². The molecule has 102 valence electrons. The first kappa shape index (κ1) is 14.0. The Hall–Kier alpha value is -0.450. The molecule has 2 rings (SSSR count). The van der Waals surface area contributed by atoms with Crippen LogP contribution in [-0.2, 0) is 0 Å². The number of aromatic nitrogens is 1. The largest absolute Gasteiger partial charge is 0.393 e. The Bertz CT molecular complexity index is 329. The van der Waals surface area contributed by atoms with E-state index in [1.54, 1.807) is 11.3 Å². The van der Waals surface area contributed by atoms with Crippen LogP contribution in [0.5, 0.6) is 0 Å². The van der Waals surface area contributed by atoms with E-state index in [1.165, 1.54) is 19.3 Å². The fourth-order valence-corrected chi connectivity index (χ4v) is 3.41. The molecule has 1 aromatic rings. The van der Waals surface area contributed by atoms with Crippen LogP contribution in [0.4, 0.5) is 0 Å². The molecule has 0 radical (unpaired) electrons. The van der Waals surface area contributed by atoms with Gasteiger partial charge in [0.1, 0.15) is 5.01 Å². The molecule has 0 spiro atoms. The lowest BCUT2D eigenvalue weighted by atomic mass is 9.83. The molecule has 18 heavy (non-hydrogen) atoms. The lowest BCUT2D eigenvalue weighted by molar-refractivity contribution is 0.0642. The van der Waals surface area contributed by atoms with E-state index in [1.807, 2.05) is 11.6 Å². The third-order valence-corrected chi connectivity index (χ3v) is 4.85. The molecule has 3 nitrogen and oxygen atoms in total. The number of aliphatic hydroxyl groups excluding tert-OH is 1. The average Bonchev–Trinajstić information content (AvgIpc) is 2.90. The molecule has 4 heteroatoms. The first-order valence-electron chi connectivity index (χ1n) is 7.08. The second kappa shape index (κ2) is 7.22. The zero-order valence-electron chi connectivity index (χ0n) is 11.1. The summed E-state index contributed by atoms with van der Waals surface area (Å²) in [6, 6.07) is 0.348. The van der Waals surface area contributed by atoms with Crippen LogP contribution in [0, 0.1) is 5.92 Å². The van der Waals surface area contributed by atoms with Gasteiger partial charge in [0, 0.05) is 11.6 Å². The summed E-state index contributed by atoms with van der Waals surface area (Å²) in [5, 5.41) is 16.6. The van der Waals surface area contributed by atoms with Gasteiger partial charge in [-0.1, -0.05) is 12.8 Å². The smallest absolute Gasteiger partial charge is 0.109 e. The molecule has 0 amide bonds. The first-order chi connectivity index (χ1) is 8.77. The second-order valence-corrected chi connectivity index (χ2v) is 6.23. The highest BCUT2D eigenvalue weighted by atomic mass is 32.1. The van der Waals surface area contributed by atoms with Crippen molar-refractivity contribution in [2.24, 2.45) is 5.92 Å². The van der Waals surface area contributed by atoms with Crippen LogP contribution in [-0.4, -0.2) is 22.7 Å². The maximum absolute atomic E-state index is 9.90. The fourth-order valence-electron chi connectivity index (χ4n) is 2.74. The molecule has 1 saturated carbocycles. The van der Waals surface area contributed by atoms with E-state index in [9.17, 15) is 5.11 Å². The maximum Gasteiger partial charge on any atom is 0.109 e.